The van der Waals surface area contributed by atoms with E-state index < -0.39 is 11.6 Å². The predicted octanol–water partition coefficient (Wildman–Crippen LogP) is 3.08. The third-order valence-corrected chi connectivity index (χ3v) is 3.21. The van der Waals surface area contributed by atoms with Gasteiger partial charge in [-0.1, -0.05) is 0 Å². The summed E-state index contributed by atoms with van der Waals surface area (Å²) in [7, 11) is 0. The van der Waals surface area contributed by atoms with Gasteiger partial charge in [0.15, 0.2) is 0 Å². The first-order valence-corrected chi connectivity index (χ1v) is 6.58. The summed E-state index contributed by atoms with van der Waals surface area (Å²) in [5.74, 6) is -1.26. The normalized spacial score (nSPS) is 11.0. The highest BCUT2D eigenvalue weighted by Gasteiger charge is 2.11. The number of nitrogens with zero attached hydrogens (tertiary/aromatic N) is 2. The second kappa shape index (κ2) is 5.54. The smallest absolute Gasteiger partial charge is 0.126 e. The Hall–Kier alpha value is -2.40. The molecule has 0 radical (unpaired) electrons. The van der Waals surface area contributed by atoms with Gasteiger partial charge in [0.05, 0.1) is 16.7 Å². The molecule has 3 rings (SSSR count). The van der Waals surface area contributed by atoms with E-state index in [-0.39, 0.29) is 0 Å². The minimum atomic E-state index is -0.628. The molecule has 0 atom stereocenters. The van der Waals surface area contributed by atoms with Crippen LogP contribution in [0.1, 0.15) is 5.56 Å². The van der Waals surface area contributed by atoms with Gasteiger partial charge in [0.2, 0.25) is 0 Å². The lowest BCUT2D eigenvalue weighted by Crippen LogP contribution is -2.05. The van der Waals surface area contributed by atoms with Gasteiger partial charge < -0.3 is 5.73 Å². The van der Waals surface area contributed by atoms with Crippen LogP contribution in [0.2, 0.25) is 0 Å². The second-order valence-corrected chi connectivity index (χ2v) is 4.73. The summed E-state index contributed by atoms with van der Waals surface area (Å²) in [4.78, 5) is 8.74. The molecule has 0 saturated heterocycles. The number of aromatic nitrogens is 2. The molecule has 3 nitrogen and oxygen atoms in total. The fourth-order valence-corrected chi connectivity index (χ4v) is 2.33. The molecule has 0 amide bonds. The van der Waals surface area contributed by atoms with Gasteiger partial charge >= 0.3 is 0 Å². The van der Waals surface area contributed by atoms with E-state index in [2.05, 4.69) is 9.97 Å². The van der Waals surface area contributed by atoms with Crippen molar-refractivity contribution in [2.45, 2.75) is 6.42 Å². The Labute approximate surface area is 120 Å². The Bertz CT molecular complexity index is 782. The molecular formula is C16H13F2N3. The van der Waals surface area contributed by atoms with Gasteiger partial charge in [-0.05, 0) is 48.9 Å². The third kappa shape index (κ3) is 2.73. The maximum atomic E-state index is 13.4. The van der Waals surface area contributed by atoms with Crippen LogP contribution in [0, 0.1) is 11.6 Å². The second-order valence-electron chi connectivity index (χ2n) is 4.73. The molecule has 5 heteroatoms. The van der Waals surface area contributed by atoms with E-state index in [0.717, 1.165) is 17.1 Å². The highest BCUT2D eigenvalue weighted by molar-refractivity contribution is 5.80. The molecule has 0 saturated carbocycles. The molecule has 0 bridgehead atoms. The molecule has 0 fully saturated rings. The molecule has 2 N–H and O–H groups in total. The van der Waals surface area contributed by atoms with Crippen LogP contribution in [0.15, 0.2) is 42.6 Å². The standard InChI is InChI=1S/C16H13F2N3/c17-12-6-11(7-13(18)9-12)16-10(3-4-19)8-15-14(21-16)2-1-5-20-15/h1-2,5-9H,3-4,19H2. The van der Waals surface area contributed by atoms with E-state index in [0.29, 0.717) is 29.7 Å². The maximum absolute atomic E-state index is 13.4. The SMILES string of the molecule is NCCc1cc2ncccc2nc1-c1cc(F)cc(F)c1. The first kappa shape index (κ1) is 13.6. The summed E-state index contributed by atoms with van der Waals surface area (Å²) in [5, 5.41) is 0. The summed E-state index contributed by atoms with van der Waals surface area (Å²) in [5.41, 5.74) is 8.80. The van der Waals surface area contributed by atoms with Crippen LogP contribution in [-0.2, 0) is 6.42 Å². The fraction of sp³-hybridized carbons (Fsp3) is 0.125. The van der Waals surface area contributed by atoms with Gasteiger partial charge in [-0.3, -0.25) is 4.98 Å². The van der Waals surface area contributed by atoms with Crippen LogP contribution < -0.4 is 5.73 Å². The van der Waals surface area contributed by atoms with Crippen LogP contribution >= 0.6 is 0 Å². The minimum absolute atomic E-state index is 0.404. The third-order valence-electron chi connectivity index (χ3n) is 3.21. The number of nitrogens with two attached hydrogens (primary N) is 1. The summed E-state index contributed by atoms with van der Waals surface area (Å²) in [6.45, 7) is 0.421. The average Bonchev–Trinajstić information content (AvgIpc) is 2.46. The van der Waals surface area contributed by atoms with Crippen molar-refractivity contribution in [3.05, 3.63) is 59.8 Å². The summed E-state index contributed by atoms with van der Waals surface area (Å²) in [6, 6.07) is 8.84. The van der Waals surface area contributed by atoms with Crippen molar-refractivity contribution < 1.29 is 8.78 Å². The monoisotopic (exact) mass is 285 g/mol. The van der Waals surface area contributed by atoms with Gasteiger partial charge in [-0.15, -0.1) is 0 Å². The first-order valence-electron chi connectivity index (χ1n) is 6.58. The number of rotatable bonds is 3. The van der Waals surface area contributed by atoms with E-state index in [1.807, 2.05) is 12.1 Å². The Kier molecular flexibility index (Phi) is 3.58. The molecule has 0 unspecified atom stereocenters. The van der Waals surface area contributed by atoms with Crippen molar-refractivity contribution in [1.29, 1.82) is 0 Å². The van der Waals surface area contributed by atoms with Crippen LogP contribution in [0.25, 0.3) is 22.3 Å². The van der Waals surface area contributed by atoms with Gasteiger partial charge in [0, 0.05) is 17.8 Å². The van der Waals surface area contributed by atoms with Crippen LogP contribution in [0.3, 0.4) is 0 Å². The summed E-state index contributed by atoms with van der Waals surface area (Å²) >= 11 is 0. The topological polar surface area (TPSA) is 51.8 Å². The van der Waals surface area contributed by atoms with Crippen molar-refractivity contribution in [2.24, 2.45) is 5.73 Å². The molecular weight excluding hydrogens is 272 g/mol. The van der Waals surface area contributed by atoms with E-state index in [1.165, 1.54) is 12.1 Å². The van der Waals surface area contributed by atoms with E-state index in [4.69, 9.17) is 5.73 Å². The number of fused-ring (bicyclic) bond motifs is 1. The van der Waals surface area contributed by atoms with Crippen LogP contribution in [-0.4, -0.2) is 16.5 Å². The molecule has 0 aliphatic carbocycles. The zero-order chi connectivity index (χ0) is 14.8. The molecule has 0 aliphatic rings. The number of hydrogen-bond donors (Lipinski definition) is 1. The molecule has 0 spiro atoms. The van der Waals surface area contributed by atoms with Crippen molar-refractivity contribution in [1.82, 2.24) is 9.97 Å². The number of benzene rings is 1. The molecule has 3 aromatic rings. The molecule has 2 aromatic heterocycles. The lowest BCUT2D eigenvalue weighted by molar-refractivity contribution is 0.584. The van der Waals surface area contributed by atoms with Crippen molar-refractivity contribution in [3.63, 3.8) is 0 Å². The number of halogens is 2. The summed E-state index contributed by atoms with van der Waals surface area (Å²) < 4.78 is 26.9. The average molecular weight is 285 g/mol. The van der Waals surface area contributed by atoms with Gasteiger partial charge in [0.1, 0.15) is 11.6 Å². The van der Waals surface area contributed by atoms with E-state index in [1.54, 1.807) is 12.3 Å². The highest BCUT2D eigenvalue weighted by Crippen LogP contribution is 2.26. The van der Waals surface area contributed by atoms with E-state index >= 15 is 0 Å². The maximum Gasteiger partial charge on any atom is 0.126 e. The lowest BCUT2D eigenvalue weighted by Gasteiger charge is -2.10. The molecule has 21 heavy (non-hydrogen) atoms. The largest absolute Gasteiger partial charge is 0.330 e. The fourth-order valence-electron chi connectivity index (χ4n) is 2.33. The zero-order valence-electron chi connectivity index (χ0n) is 11.2. The van der Waals surface area contributed by atoms with Gasteiger partial charge in [-0.25, -0.2) is 13.8 Å². The first-order chi connectivity index (χ1) is 10.2. The number of hydrogen-bond acceptors (Lipinski definition) is 3. The van der Waals surface area contributed by atoms with Crippen molar-refractivity contribution >= 4 is 11.0 Å². The zero-order valence-corrected chi connectivity index (χ0v) is 11.2. The molecule has 106 valence electrons. The summed E-state index contributed by atoms with van der Waals surface area (Å²) in [6.07, 6.45) is 2.24. The number of pyridine rings is 2. The Morgan fingerprint density at radius 2 is 1.76 bits per heavy atom. The lowest BCUT2D eigenvalue weighted by atomic mass is 10.0. The molecule has 2 heterocycles. The molecule has 0 aliphatic heterocycles. The Balaban J connectivity index is 2.25. The van der Waals surface area contributed by atoms with Crippen molar-refractivity contribution in [3.8, 4) is 11.3 Å². The van der Waals surface area contributed by atoms with Gasteiger partial charge in [0.25, 0.3) is 0 Å². The van der Waals surface area contributed by atoms with Crippen molar-refractivity contribution in [2.75, 3.05) is 6.54 Å². The molecule has 1 aromatic carbocycles. The van der Waals surface area contributed by atoms with Crippen LogP contribution in [0.5, 0.6) is 0 Å². The highest BCUT2D eigenvalue weighted by atomic mass is 19.1. The Morgan fingerprint density at radius 1 is 1.00 bits per heavy atom. The quantitative estimate of drug-likeness (QED) is 0.804. The minimum Gasteiger partial charge on any atom is -0.330 e. The van der Waals surface area contributed by atoms with Gasteiger partial charge in [-0.2, -0.15) is 0 Å². The Morgan fingerprint density at radius 3 is 2.48 bits per heavy atom. The predicted molar refractivity (Wildman–Crippen MR) is 77.6 cm³/mol. The van der Waals surface area contributed by atoms with Crippen LogP contribution in [0.4, 0.5) is 8.78 Å². The van der Waals surface area contributed by atoms with E-state index in [9.17, 15) is 8.78 Å².